The number of aromatic carboxylic acids is 1. The number of benzene rings is 1. The van der Waals surface area contributed by atoms with Gasteiger partial charge in [0.1, 0.15) is 5.69 Å². The largest absolute Gasteiger partial charge is 0.478 e. The van der Waals surface area contributed by atoms with Crippen LogP contribution in [0.25, 0.3) is 5.69 Å². The molecule has 1 heterocycles. The molecular weight excluding hydrogens is 236 g/mol. The van der Waals surface area contributed by atoms with Crippen molar-refractivity contribution in [2.45, 2.75) is 0 Å². The van der Waals surface area contributed by atoms with E-state index in [9.17, 15) is 9.59 Å². The van der Waals surface area contributed by atoms with Gasteiger partial charge in [0.05, 0.1) is 16.9 Å². The van der Waals surface area contributed by atoms with E-state index < -0.39 is 11.9 Å². The zero-order chi connectivity index (χ0) is 13.3. The summed E-state index contributed by atoms with van der Waals surface area (Å²) in [4.78, 5) is 21.8. The highest BCUT2D eigenvalue weighted by atomic mass is 16.4. The molecule has 5 N–H and O–H groups in total. The maximum atomic E-state index is 10.9. The fourth-order valence-electron chi connectivity index (χ4n) is 1.46. The van der Waals surface area contributed by atoms with E-state index >= 15 is 0 Å². The van der Waals surface area contributed by atoms with Gasteiger partial charge in [0.15, 0.2) is 0 Å². The zero-order valence-electron chi connectivity index (χ0n) is 9.20. The fraction of sp³-hybridized carbons (Fsp3) is 0. The molecule has 7 nitrogen and oxygen atoms in total. The molecule has 1 aromatic carbocycles. The number of aromatic nitrogens is 2. The summed E-state index contributed by atoms with van der Waals surface area (Å²) in [5.41, 5.74) is 11.7. The molecule has 0 aliphatic carbocycles. The van der Waals surface area contributed by atoms with Crippen molar-refractivity contribution in [1.29, 1.82) is 0 Å². The number of primary amides is 1. The Morgan fingerprint density at radius 1 is 1.28 bits per heavy atom. The number of hydrogen-bond donors (Lipinski definition) is 3. The molecule has 0 bridgehead atoms. The standard InChI is InChI=1S/C11H10N4O3/c12-7-2-1-6(11(17)18)5-9(7)15-4-3-8(14-15)10(13)16/h1-5H,12H2,(H2,13,16)(H,17,18). The summed E-state index contributed by atoms with van der Waals surface area (Å²) >= 11 is 0. The van der Waals surface area contributed by atoms with Crippen molar-refractivity contribution in [3.63, 3.8) is 0 Å². The summed E-state index contributed by atoms with van der Waals surface area (Å²) in [5.74, 6) is -1.74. The lowest BCUT2D eigenvalue weighted by molar-refractivity contribution is 0.0696. The lowest BCUT2D eigenvalue weighted by Gasteiger charge is -2.06. The van der Waals surface area contributed by atoms with Crippen LogP contribution in [0.3, 0.4) is 0 Å². The fourth-order valence-corrected chi connectivity index (χ4v) is 1.46. The number of anilines is 1. The molecule has 18 heavy (non-hydrogen) atoms. The molecule has 7 heteroatoms. The maximum absolute atomic E-state index is 10.9. The van der Waals surface area contributed by atoms with Gasteiger partial charge >= 0.3 is 5.97 Å². The molecule has 0 spiro atoms. The van der Waals surface area contributed by atoms with E-state index in [0.29, 0.717) is 11.4 Å². The Labute approximate surface area is 102 Å². The minimum Gasteiger partial charge on any atom is -0.478 e. The van der Waals surface area contributed by atoms with Crippen LogP contribution in [0.1, 0.15) is 20.8 Å². The molecule has 92 valence electrons. The van der Waals surface area contributed by atoms with Crippen molar-refractivity contribution in [1.82, 2.24) is 9.78 Å². The third-order valence-electron chi connectivity index (χ3n) is 2.37. The van der Waals surface area contributed by atoms with Gasteiger partial charge in [-0.15, -0.1) is 0 Å². The van der Waals surface area contributed by atoms with Crippen LogP contribution in [0.15, 0.2) is 30.5 Å². The molecule has 1 amide bonds. The van der Waals surface area contributed by atoms with Gasteiger partial charge in [-0.1, -0.05) is 0 Å². The number of nitrogens with two attached hydrogens (primary N) is 2. The van der Waals surface area contributed by atoms with E-state index in [2.05, 4.69) is 5.10 Å². The van der Waals surface area contributed by atoms with Crippen molar-refractivity contribution in [2.24, 2.45) is 5.73 Å². The Morgan fingerprint density at radius 3 is 2.56 bits per heavy atom. The number of carbonyl (C=O) groups is 2. The number of hydrogen-bond acceptors (Lipinski definition) is 4. The summed E-state index contributed by atoms with van der Waals surface area (Å²) in [6, 6.07) is 5.65. The van der Waals surface area contributed by atoms with Gasteiger partial charge < -0.3 is 16.6 Å². The number of nitrogens with zero attached hydrogens (tertiary/aromatic N) is 2. The predicted molar refractivity (Wildman–Crippen MR) is 63.5 cm³/mol. The number of nitrogen functional groups attached to an aromatic ring is 1. The van der Waals surface area contributed by atoms with E-state index in [4.69, 9.17) is 16.6 Å². The van der Waals surface area contributed by atoms with Crippen molar-refractivity contribution >= 4 is 17.6 Å². The SMILES string of the molecule is NC(=O)c1ccn(-c2cc(C(=O)O)ccc2N)n1. The second-order valence-corrected chi connectivity index (χ2v) is 3.59. The highest BCUT2D eigenvalue weighted by molar-refractivity contribution is 5.91. The predicted octanol–water partition coefficient (Wildman–Crippen LogP) is 0.252. The molecule has 1 aromatic heterocycles. The quantitative estimate of drug-likeness (QED) is 0.669. The third kappa shape index (κ3) is 2.01. The molecule has 0 saturated heterocycles. The Bertz CT molecular complexity index is 633. The first kappa shape index (κ1) is 11.6. The summed E-state index contributed by atoms with van der Waals surface area (Å²) in [7, 11) is 0. The average molecular weight is 246 g/mol. The molecule has 0 fully saturated rings. The third-order valence-corrected chi connectivity index (χ3v) is 2.37. The molecule has 0 aliphatic heterocycles. The Morgan fingerprint density at radius 2 is 2.00 bits per heavy atom. The smallest absolute Gasteiger partial charge is 0.335 e. The van der Waals surface area contributed by atoms with Gasteiger partial charge in [-0.3, -0.25) is 4.79 Å². The Balaban J connectivity index is 2.51. The van der Waals surface area contributed by atoms with Crippen molar-refractivity contribution in [3.8, 4) is 5.69 Å². The molecule has 0 atom stereocenters. The lowest BCUT2D eigenvalue weighted by Crippen LogP contribution is -2.12. The maximum Gasteiger partial charge on any atom is 0.335 e. The first-order chi connectivity index (χ1) is 8.49. The van der Waals surface area contributed by atoms with Crippen LogP contribution in [0.5, 0.6) is 0 Å². The first-order valence-electron chi connectivity index (χ1n) is 4.97. The van der Waals surface area contributed by atoms with Gasteiger partial charge in [0.2, 0.25) is 0 Å². The second kappa shape index (κ2) is 4.21. The van der Waals surface area contributed by atoms with E-state index in [1.165, 1.54) is 35.1 Å². The lowest BCUT2D eigenvalue weighted by atomic mass is 10.2. The molecular formula is C11H10N4O3. The van der Waals surface area contributed by atoms with Gasteiger partial charge in [-0.2, -0.15) is 5.10 Å². The second-order valence-electron chi connectivity index (χ2n) is 3.59. The highest BCUT2D eigenvalue weighted by Crippen LogP contribution is 2.18. The van der Waals surface area contributed by atoms with Crippen LogP contribution in [0, 0.1) is 0 Å². The van der Waals surface area contributed by atoms with Gasteiger partial charge in [0.25, 0.3) is 5.91 Å². The van der Waals surface area contributed by atoms with Crippen LogP contribution in [-0.4, -0.2) is 26.8 Å². The summed E-state index contributed by atoms with van der Waals surface area (Å²) < 4.78 is 1.31. The number of carboxylic acids is 1. The van der Waals surface area contributed by atoms with Gasteiger partial charge in [0, 0.05) is 6.20 Å². The van der Waals surface area contributed by atoms with Crippen molar-refractivity contribution in [2.75, 3.05) is 5.73 Å². The van der Waals surface area contributed by atoms with E-state index in [1.807, 2.05) is 0 Å². The Kier molecular flexibility index (Phi) is 2.72. The molecule has 0 unspecified atom stereocenters. The molecule has 2 aromatic rings. The summed E-state index contributed by atoms with van der Waals surface area (Å²) in [6.07, 6.45) is 1.48. The number of amides is 1. The Hall–Kier alpha value is -2.83. The zero-order valence-corrected chi connectivity index (χ0v) is 9.20. The van der Waals surface area contributed by atoms with Crippen molar-refractivity contribution < 1.29 is 14.7 Å². The topological polar surface area (TPSA) is 124 Å². The monoisotopic (exact) mass is 246 g/mol. The minimum atomic E-state index is -1.07. The summed E-state index contributed by atoms with van der Waals surface area (Å²) in [6.45, 7) is 0. The molecule has 0 radical (unpaired) electrons. The number of carbonyl (C=O) groups excluding carboxylic acids is 1. The molecule has 0 aliphatic rings. The average Bonchev–Trinajstić information content (AvgIpc) is 2.78. The number of carboxylic acid groups (broad SMARTS) is 1. The van der Waals surface area contributed by atoms with Crippen LogP contribution < -0.4 is 11.5 Å². The van der Waals surface area contributed by atoms with Crippen LogP contribution in [-0.2, 0) is 0 Å². The van der Waals surface area contributed by atoms with E-state index in [0.717, 1.165) is 0 Å². The van der Waals surface area contributed by atoms with Crippen LogP contribution in [0.4, 0.5) is 5.69 Å². The van der Waals surface area contributed by atoms with Crippen LogP contribution >= 0.6 is 0 Å². The first-order valence-corrected chi connectivity index (χ1v) is 4.97. The van der Waals surface area contributed by atoms with Gasteiger partial charge in [-0.25, -0.2) is 9.48 Å². The summed E-state index contributed by atoms with van der Waals surface area (Å²) in [5, 5.41) is 12.8. The van der Waals surface area contributed by atoms with Crippen LogP contribution in [0.2, 0.25) is 0 Å². The molecule has 2 rings (SSSR count). The highest BCUT2D eigenvalue weighted by Gasteiger charge is 2.11. The molecule has 0 saturated carbocycles. The van der Waals surface area contributed by atoms with Gasteiger partial charge in [-0.05, 0) is 24.3 Å². The van der Waals surface area contributed by atoms with E-state index in [-0.39, 0.29) is 11.3 Å². The van der Waals surface area contributed by atoms with E-state index in [1.54, 1.807) is 0 Å². The normalized spacial score (nSPS) is 10.2. The minimum absolute atomic E-state index is 0.0788. The number of rotatable bonds is 3. The van der Waals surface area contributed by atoms with Crippen molar-refractivity contribution in [3.05, 3.63) is 41.7 Å².